The van der Waals surface area contributed by atoms with Crippen molar-refractivity contribution in [1.82, 2.24) is 29.8 Å². The highest BCUT2D eigenvalue weighted by Gasteiger charge is 2.29. The summed E-state index contributed by atoms with van der Waals surface area (Å²) in [5.74, 6) is 0.261. The zero-order valence-electron chi connectivity index (χ0n) is 19.0. The zero-order valence-corrected chi connectivity index (χ0v) is 19.0. The van der Waals surface area contributed by atoms with E-state index < -0.39 is 6.09 Å². The molecule has 1 aliphatic heterocycles. The van der Waals surface area contributed by atoms with Gasteiger partial charge in [-0.25, -0.2) is 29.7 Å². The molecule has 3 aromatic rings. The molecular formula is C23H24N8O4. The first-order valence-electron chi connectivity index (χ1n) is 11.3. The summed E-state index contributed by atoms with van der Waals surface area (Å²) >= 11 is 0. The molecule has 1 saturated heterocycles. The Kier molecular flexibility index (Phi) is 6.44. The van der Waals surface area contributed by atoms with E-state index in [0.717, 1.165) is 18.5 Å². The third-order valence-corrected chi connectivity index (χ3v) is 5.64. The van der Waals surface area contributed by atoms with Gasteiger partial charge in [-0.15, -0.1) is 0 Å². The predicted octanol–water partition coefficient (Wildman–Crippen LogP) is 2.75. The van der Waals surface area contributed by atoms with Gasteiger partial charge in [0.25, 0.3) is 11.8 Å². The van der Waals surface area contributed by atoms with Gasteiger partial charge in [0.15, 0.2) is 11.5 Å². The zero-order chi connectivity index (χ0) is 24.2. The topological polar surface area (TPSA) is 144 Å². The van der Waals surface area contributed by atoms with Crippen LogP contribution in [0.4, 0.5) is 22.0 Å². The average Bonchev–Trinajstić information content (AvgIpc) is 3.72. The van der Waals surface area contributed by atoms with Gasteiger partial charge in [0.2, 0.25) is 0 Å². The van der Waals surface area contributed by atoms with E-state index in [0.29, 0.717) is 31.4 Å². The molecule has 12 heteroatoms. The molecule has 1 atom stereocenters. The highest BCUT2D eigenvalue weighted by Crippen LogP contribution is 2.40. The number of amides is 2. The molecule has 12 nitrogen and oxygen atoms in total. The largest absolute Gasteiger partial charge is 0.418 e. The van der Waals surface area contributed by atoms with Gasteiger partial charge >= 0.3 is 6.09 Å². The van der Waals surface area contributed by atoms with Gasteiger partial charge in [-0.3, -0.25) is 10.1 Å². The van der Waals surface area contributed by atoms with E-state index in [4.69, 9.17) is 9.47 Å². The van der Waals surface area contributed by atoms with Crippen molar-refractivity contribution < 1.29 is 19.1 Å². The number of pyridine rings is 1. The Morgan fingerprint density at radius 2 is 2.00 bits per heavy atom. The van der Waals surface area contributed by atoms with Crippen molar-refractivity contribution in [3.05, 3.63) is 54.6 Å². The third-order valence-electron chi connectivity index (χ3n) is 5.64. The number of carbonyl (C=O) groups excluding carboxylic acids is 2. The Bertz CT molecular complexity index is 1220. The van der Waals surface area contributed by atoms with Gasteiger partial charge < -0.3 is 19.7 Å². The van der Waals surface area contributed by atoms with E-state index in [9.17, 15) is 9.59 Å². The fourth-order valence-corrected chi connectivity index (χ4v) is 3.68. The van der Waals surface area contributed by atoms with Crippen molar-refractivity contribution in [3.8, 4) is 5.88 Å². The first-order valence-corrected chi connectivity index (χ1v) is 11.3. The fraction of sp³-hybridized carbons (Fsp3) is 0.348. The van der Waals surface area contributed by atoms with Crippen LogP contribution in [0.3, 0.4) is 0 Å². The van der Waals surface area contributed by atoms with Crippen molar-refractivity contribution >= 4 is 29.2 Å². The number of ether oxygens (including phenoxy) is 2. The molecule has 2 N–H and O–H groups in total. The average molecular weight is 476 g/mol. The second kappa shape index (κ2) is 9.97. The van der Waals surface area contributed by atoms with Crippen LogP contribution in [-0.2, 0) is 4.74 Å². The van der Waals surface area contributed by atoms with Crippen LogP contribution in [-0.4, -0.2) is 67.6 Å². The van der Waals surface area contributed by atoms with Crippen LogP contribution in [0.25, 0.3) is 0 Å². The number of nitrogens with zero attached hydrogens (tertiary/aromatic N) is 6. The van der Waals surface area contributed by atoms with E-state index in [1.165, 1.54) is 12.5 Å². The molecule has 0 bridgehead atoms. The molecule has 2 aliphatic rings. The lowest BCUT2D eigenvalue weighted by Gasteiger charge is -2.33. The van der Waals surface area contributed by atoms with Crippen molar-refractivity contribution in [3.63, 3.8) is 0 Å². The van der Waals surface area contributed by atoms with Gasteiger partial charge in [-0.2, -0.15) is 0 Å². The molecule has 5 rings (SSSR count). The number of aromatic nitrogens is 5. The molecule has 0 radical (unpaired) electrons. The molecule has 1 aliphatic carbocycles. The summed E-state index contributed by atoms with van der Waals surface area (Å²) in [6.07, 6.45) is 8.90. The Labute approximate surface area is 201 Å². The van der Waals surface area contributed by atoms with Crippen LogP contribution in [0, 0.1) is 0 Å². The molecule has 0 spiro atoms. The van der Waals surface area contributed by atoms with E-state index in [-0.39, 0.29) is 35.0 Å². The summed E-state index contributed by atoms with van der Waals surface area (Å²) in [6.45, 7) is 3.25. The van der Waals surface area contributed by atoms with Crippen molar-refractivity contribution in [1.29, 1.82) is 0 Å². The predicted molar refractivity (Wildman–Crippen MR) is 125 cm³/mol. The summed E-state index contributed by atoms with van der Waals surface area (Å²) in [4.78, 5) is 48.7. The van der Waals surface area contributed by atoms with Crippen LogP contribution in [0.2, 0.25) is 0 Å². The van der Waals surface area contributed by atoms with Crippen molar-refractivity contribution in [2.75, 3.05) is 30.4 Å². The second-order valence-corrected chi connectivity index (χ2v) is 8.31. The Hall–Kier alpha value is -4.19. The summed E-state index contributed by atoms with van der Waals surface area (Å²) < 4.78 is 11.0. The molecule has 2 fully saturated rings. The number of anilines is 3. The summed E-state index contributed by atoms with van der Waals surface area (Å²) in [6, 6.07) is 3.12. The lowest BCUT2D eigenvalue weighted by atomic mass is 10.2. The number of nitrogens with one attached hydrogen (secondary N) is 2. The lowest BCUT2D eigenvalue weighted by molar-refractivity contribution is 0.00333. The molecule has 1 saturated carbocycles. The second-order valence-electron chi connectivity index (χ2n) is 8.31. The van der Waals surface area contributed by atoms with Crippen molar-refractivity contribution in [2.24, 2.45) is 0 Å². The maximum Gasteiger partial charge on any atom is 0.418 e. The van der Waals surface area contributed by atoms with E-state index in [1.807, 2.05) is 6.92 Å². The normalized spacial score (nSPS) is 17.5. The SMILES string of the molecule is CC1COCCN1C(=O)c1ncccc1NC(=O)Oc1nc(C2CC2)cnc1Nc1cncnc1. The van der Waals surface area contributed by atoms with Crippen molar-refractivity contribution in [2.45, 2.75) is 31.7 Å². The van der Waals surface area contributed by atoms with Gasteiger partial charge in [-0.05, 0) is 31.9 Å². The number of rotatable bonds is 6. The maximum atomic E-state index is 13.1. The third kappa shape index (κ3) is 5.32. The quantitative estimate of drug-likeness (QED) is 0.545. The molecule has 2 amide bonds. The van der Waals surface area contributed by atoms with Crippen LogP contribution < -0.4 is 15.4 Å². The van der Waals surface area contributed by atoms with Crippen LogP contribution >= 0.6 is 0 Å². The van der Waals surface area contributed by atoms with Crippen LogP contribution in [0.1, 0.15) is 41.9 Å². The smallest absolute Gasteiger partial charge is 0.387 e. The monoisotopic (exact) mass is 476 g/mol. The highest BCUT2D eigenvalue weighted by molar-refractivity contribution is 6.01. The Balaban J connectivity index is 1.35. The number of carbonyl (C=O) groups is 2. The highest BCUT2D eigenvalue weighted by atomic mass is 16.6. The molecule has 180 valence electrons. The summed E-state index contributed by atoms with van der Waals surface area (Å²) in [5.41, 5.74) is 1.67. The van der Waals surface area contributed by atoms with E-state index in [2.05, 4.69) is 35.6 Å². The van der Waals surface area contributed by atoms with E-state index in [1.54, 1.807) is 35.6 Å². The fourth-order valence-electron chi connectivity index (χ4n) is 3.68. The van der Waals surface area contributed by atoms with Gasteiger partial charge in [0.05, 0.1) is 54.9 Å². The molecule has 1 unspecified atom stereocenters. The number of hydrogen-bond acceptors (Lipinski definition) is 10. The molecular weight excluding hydrogens is 452 g/mol. The van der Waals surface area contributed by atoms with Crippen LogP contribution in [0.5, 0.6) is 5.88 Å². The standard InChI is InChI=1S/C23H24N8O4/c1-14-12-34-8-7-31(14)22(32)19-17(3-2-6-26-19)30-23(33)35-21-20(28-16-9-24-13-25-10-16)27-11-18(29-21)15-4-5-15/h2-3,6,9-11,13-15H,4-5,7-8,12H2,1H3,(H,27,28)(H,30,33). The first kappa shape index (κ1) is 22.6. The molecule has 0 aromatic carbocycles. The number of hydrogen-bond donors (Lipinski definition) is 2. The van der Waals surface area contributed by atoms with Gasteiger partial charge in [0, 0.05) is 18.7 Å². The maximum absolute atomic E-state index is 13.1. The number of morpholine rings is 1. The summed E-state index contributed by atoms with van der Waals surface area (Å²) in [5, 5.41) is 5.64. The molecule has 35 heavy (non-hydrogen) atoms. The lowest BCUT2D eigenvalue weighted by Crippen LogP contribution is -2.47. The van der Waals surface area contributed by atoms with Crippen LogP contribution in [0.15, 0.2) is 43.2 Å². The first-order chi connectivity index (χ1) is 17.1. The summed E-state index contributed by atoms with van der Waals surface area (Å²) in [7, 11) is 0. The Morgan fingerprint density at radius 1 is 1.17 bits per heavy atom. The van der Waals surface area contributed by atoms with E-state index >= 15 is 0 Å². The minimum Gasteiger partial charge on any atom is -0.387 e. The van der Waals surface area contributed by atoms with Gasteiger partial charge in [-0.1, -0.05) is 0 Å². The Morgan fingerprint density at radius 3 is 2.77 bits per heavy atom. The molecule has 4 heterocycles. The minimum absolute atomic E-state index is 0.00863. The molecule has 3 aromatic heterocycles. The minimum atomic E-state index is -0.823. The van der Waals surface area contributed by atoms with Gasteiger partial charge in [0.1, 0.15) is 6.33 Å².